The third-order valence-electron chi connectivity index (χ3n) is 3.18. The van der Waals surface area contributed by atoms with Crippen LogP contribution in [0.4, 0.5) is 0 Å². The first-order chi connectivity index (χ1) is 10.4. The summed E-state index contributed by atoms with van der Waals surface area (Å²) in [5.41, 5.74) is 0. The summed E-state index contributed by atoms with van der Waals surface area (Å²) < 4.78 is 15.1. The van der Waals surface area contributed by atoms with Crippen LogP contribution in [0.2, 0.25) is 0 Å². The minimum atomic E-state index is -1.71. The second kappa shape index (κ2) is 13.0. The smallest absolute Gasteiger partial charge is 0.425 e. The Morgan fingerprint density at radius 2 is 1.52 bits per heavy atom. The molecule has 0 radical (unpaired) electrons. The van der Waals surface area contributed by atoms with Gasteiger partial charge in [0.25, 0.3) is 0 Å². The highest BCUT2D eigenvalue weighted by molar-refractivity contribution is 7.42. The molecule has 1 unspecified atom stereocenters. The van der Waals surface area contributed by atoms with Crippen molar-refractivity contribution in [2.24, 2.45) is 0 Å². The van der Waals surface area contributed by atoms with E-state index in [0.29, 0.717) is 12.4 Å². The lowest BCUT2D eigenvalue weighted by molar-refractivity contribution is -0.148. The van der Waals surface area contributed by atoms with Crippen LogP contribution >= 0.6 is 8.60 Å². The zero-order valence-electron chi connectivity index (χ0n) is 12.9. The van der Waals surface area contributed by atoms with E-state index in [2.05, 4.69) is 11.6 Å². The summed E-state index contributed by atoms with van der Waals surface area (Å²) in [6.07, 6.45) is 9.97. The Kier molecular flexibility index (Phi) is 11.4. The maximum absolute atomic E-state index is 8.79. The molecule has 120 valence electrons. The third-order valence-corrected chi connectivity index (χ3v) is 4.07. The first-order valence-electron chi connectivity index (χ1n) is 7.84. The number of unbranched alkanes of at least 4 members (excludes halogenated alkanes) is 7. The molecular weight excluding hydrogens is 287 g/mol. The van der Waals surface area contributed by atoms with E-state index in [-0.39, 0.29) is 0 Å². The summed E-state index contributed by atoms with van der Waals surface area (Å²) in [6, 6.07) is 9.22. The summed E-state index contributed by atoms with van der Waals surface area (Å²) in [4.78, 5) is 0. The SMILES string of the molecule is CCCCCCCCCCOP(OO)Oc1ccccc1. The Bertz CT molecular complexity index is 334. The standard InChI is InChI=1S/C16H27O4P/c1-2-3-4-5-6-7-8-12-15-18-21(20-17)19-16-13-10-9-11-14-16/h9-11,13-14,17H,2-8,12,15H2,1H3. The summed E-state index contributed by atoms with van der Waals surface area (Å²) in [7, 11) is -1.71. The van der Waals surface area contributed by atoms with Crippen molar-refractivity contribution in [1.29, 1.82) is 0 Å². The quantitative estimate of drug-likeness (QED) is 0.212. The molecule has 1 N–H and O–H groups in total. The zero-order valence-corrected chi connectivity index (χ0v) is 13.8. The van der Waals surface area contributed by atoms with Gasteiger partial charge in [-0.05, 0) is 18.6 Å². The van der Waals surface area contributed by atoms with Gasteiger partial charge in [0.05, 0.1) is 6.61 Å². The molecule has 4 nitrogen and oxygen atoms in total. The number of para-hydroxylation sites is 1. The van der Waals surface area contributed by atoms with E-state index in [0.717, 1.165) is 12.8 Å². The normalized spacial score (nSPS) is 12.3. The van der Waals surface area contributed by atoms with Crippen molar-refractivity contribution in [3.05, 3.63) is 30.3 Å². The summed E-state index contributed by atoms with van der Waals surface area (Å²) in [6.45, 7) is 2.78. The average molecular weight is 314 g/mol. The minimum Gasteiger partial charge on any atom is -0.425 e. The van der Waals surface area contributed by atoms with Gasteiger partial charge in [-0.25, -0.2) is 5.26 Å². The number of rotatable bonds is 13. The maximum Gasteiger partial charge on any atom is 0.426 e. The highest BCUT2D eigenvalue weighted by atomic mass is 31.2. The van der Waals surface area contributed by atoms with Gasteiger partial charge in [-0.1, -0.05) is 70.1 Å². The van der Waals surface area contributed by atoms with Crippen LogP contribution in [0, 0.1) is 0 Å². The molecule has 0 amide bonds. The van der Waals surface area contributed by atoms with Crippen LogP contribution in [0.3, 0.4) is 0 Å². The molecule has 0 saturated heterocycles. The minimum absolute atomic E-state index is 0.550. The molecule has 1 aromatic rings. The van der Waals surface area contributed by atoms with Gasteiger partial charge in [-0.15, -0.1) is 4.67 Å². The van der Waals surface area contributed by atoms with Crippen LogP contribution < -0.4 is 4.52 Å². The van der Waals surface area contributed by atoms with E-state index in [4.69, 9.17) is 14.3 Å². The van der Waals surface area contributed by atoms with Gasteiger partial charge in [-0.2, -0.15) is 0 Å². The molecule has 1 rings (SSSR count). The van der Waals surface area contributed by atoms with Gasteiger partial charge in [0.15, 0.2) is 0 Å². The Balaban J connectivity index is 2.00. The number of benzene rings is 1. The second-order valence-electron chi connectivity index (χ2n) is 5.02. The predicted molar refractivity (Wildman–Crippen MR) is 86.3 cm³/mol. The third kappa shape index (κ3) is 9.81. The molecule has 0 aliphatic rings. The van der Waals surface area contributed by atoms with Crippen molar-refractivity contribution in [2.75, 3.05) is 6.61 Å². The maximum atomic E-state index is 8.79. The van der Waals surface area contributed by atoms with Crippen LogP contribution in [0.1, 0.15) is 58.3 Å². The first-order valence-corrected chi connectivity index (χ1v) is 8.94. The van der Waals surface area contributed by atoms with Crippen molar-refractivity contribution in [3.8, 4) is 5.75 Å². The van der Waals surface area contributed by atoms with Crippen molar-refractivity contribution in [2.45, 2.75) is 58.3 Å². The molecule has 21 heavy (non-hydrogen) atoms. The summed E-state index contributed by atoms with van der Waals surface area (Å²) in [5.74, 6) is 0.633. The molecule has 0 saturated carbocycles. The van der Waals surface area contributed by atoms with E-state index in [1.54, 1.807) is 12.1 Å². The lowest BCUT2D eigenvalue weighted by atomic mass is 10.1. The lowest BCUT2D eigenvalue weighted by Crippen LogP contribution is -1.97. The second-order valence-corrected chi connectivity index (χ2v) is 6.07. The molecule has 0 spiro atoms. The lowest BCUT2D eigenvalue weighted by Gasteiger charge is -2.13. The van der Waals surface area contributed by atoms with Gasteiger partial charge in [0, 0.05) is 0 Å². The topological polar surface area (TPSA) is 47.9 Å². The monoisotopic (exact) mass is 314 g/mol. The zero-order chi connectivity index (χ0) is 15.2. The molecule has 0 aromatic heterocycles. The van der Waals surface area contributed by atoms with Gasteiger partial charge in [0.1, 0.15) is 5.75 Å². The van der Waals surface area contributed by atoms with Crippen LogP contribution in [0.5, 0.6) is 5.75 Å². The predicted octanol–water partition coefficient (Wildman–Crippen LogP) is 5.94. The fourth-order valence-electron chi connectivity index (χ4n) is 2.01. The Morgan fingerprint density at radius 1 is 0.905 bits per heavy atom. The van der Waals surface area contributed by atoms with Crippen LogP contribution in [0.25, 0.3) is 0 Å². The van der Waals surface area contributed by atoms with E-state index in [1.165, 1.54) is 38.5 Å². The van der Waals surface area contributed by atoms with Gasteiger partial charge in [0.2, 0.25) is 0 Å². The van der Waals surface area contributed by atoms with E-state index in [1.807, 2.05) is 18.2 Å². The van der Waals surface area contributed by atoms with Gasteiger partial charge < -0.3 is 9.05 Å². The Labute approximate surface area is 129 Å². The molecule has 0 bridgehead atoms. The van der Waals surface area contributed by atoms with Crippen molar-refractivity contribution in [1.82, 2.24) is 0 Å². The fourth-order valence-corrected chi connectivity index (χ4v) is 2.71. The summed E-state index contributed by atoms with van der Waals surface area (Å²) >= 11 is 0. The average Bonchev–Trinajstić information content (AvgIpc) is 2.53. The highest BCUT2D eigenvalue weighted by Gasteiger charge is 2.13. The first kappa shape index (κ1) is 18.4. The van der Waals surface area contributed by atoms with Crippen molar-refractivity contribution >= 4 is 8.60 Å². The van der Waals surface area contributed by atoms with Crippen LogP contribution in [-0.2, 0) is 9.20 Å². The summed E-state index contributed by atoms with van der Waals surface area (Å²) in [5, 5.41) is 8.79. The van der Waals surface area contributed by atoms with E-state index >= 15 is 0 Å². The molecule has 0 fully saturated rings. The largest absolute Gasteiger partial charge is 0.426 e. The Hall–Kier alpha value is -0.670. The molecule has 0 aliphatic carbocycles. The number of hydrogen-bond acceptors (Lipinski definition) is 4. The molecule has 1 aromatic carbocycles. The molecule has 5 heteroatoms. The highest BCUT2D eigenvalue weighted by Crippen LogP contribution is 2.39. The molecule has 0 aliphatic heterocycles. The Morgan fingerprint density at radius 3 is 2.14 bits per heavy atom. The van der Waals surface area contributed by atoms with E-state index < -0.39 is 8.60 Å². The van der Waals surface area contributed by atoms with Crippen molar-refractivity contribution < 1.29 is 19.0 Å². The van der Waals surface area contributed by atoms with Crippen LogP contribution in [-0.4, -0.2) is 11.9 Å². The fraction of sp³-hybridized carbons (Fsp3) is 0.625. The molecule has 1 atom stereocenters. The van der Waals surface area contributed by atoms with Gasteiger partial charge in [-0.3, -0.25) is 0 Å². The number of hydrogen-bond donors (Lipinski definition) is 1. The molecule has 0 heterocycles. The molecular formula is C16H27O4P. The van der Waals surface area contributed by atoms with Crippen LogP contribution in [0.15, 0.2) is 30.3 Å². The van der Waals surface area contributed by atoms with E-state index in [9.17, 15) is 0 Å². The van der Waals surface area contributed by atoms with Gasteiger partial charge >= 0.3 is 8.60 Å². The van der Waals surface area contributed by atoms with Crippen molar-refractivity contribution in [3.63, 3.8) is 0 Å².